The largest absolute Gasteiger partial charge is 0.324 e. The Labute approximate surface area is 107 Å². The van der Waals surface area contributed by atoms with E-state index in [1.807, 2.05) is 49.4 Å². The van der Waals surface area contributed by atoms with Crippen LogP contribution in [-0.4, -0.2) is 5.91 Å². The molecule has 0 saturated carbocycles. The third-order valence-corrected chi connectivity index (χ3v) is 2.73. The van der Waals surface area contributed by atoms with Crippen LogP contribution in [-0.2, 0) is 0 Å². The van der Waals surface area contributed by atoms with E-state index in [1.165, 1.54) is 0 Å². The van der Waals surface area contributed by atoms with Crippen molar-refractivity contribution in [1.82, 2.24) is 0 Å². The van der Waals surface area contributed by atoms with Gasteiger partial charge < -0.3 is 11.1 Å². The normalized spacial score (nSPS) is 11.9. The summed E-state index contributed by atoms with van der Waals surface area (Å²) >= 11 is 0. The fourth-order valence-corrected chi connectivity index (χ4v) is 1.66. The number of benzene rings is 2. The van der Waals surface area contributed by atoms with Crippen molar-refractivity contribution in [2.24, 2.45) is 5.73 Å². The van der Waals surface area contributed by atoms with Gasteiger partial charge in [0.2, 0.25) is 0 Å². The molecule has 92 valence electrons. The van der Waals surface area contributed by atoms with Gasteiger partial charge in [0.25, 0.3) is 5.91 Å². The van der Waals surface area contributed by atoms with Gasteiger partial charge in [-0.3, -0.25) is 4.79 Å². The van der Waals surface area contributed by atoms with Crippen LogP contribution in [0.15, 0.2) is 54.6 Å². The lowest BCUT2D eigenvalue weighted by Gasteiger charge is -2.08. The van der Waals surface area contributed by atoms with Gasteiger partial charge in [0.05, 0.1) is 0 Å². The molecule has 0 spiro atoms. The van der Waals surface area contributed by atoms with Crippen LogP contribution < -0.4 is 11.1 Å². The predicted molar refractivity (Wildman–Crippen MR) is 73.4 cm³/mol. The molecule has 1 atom stereocenters. The van der Waals surface area contributed by atoms with Crippen molar-refractivity contribution in [3.8, 4) is 0 Å². The molecule has 1 amide bonds. The summed E-state index contributed by atoms with van der Waals surface area (Å²) in [6, 6.07) is 16.7. The summed E-state index contributed by atoms with van der Waals surface area (Å²) < 4.78 is 0. The third-order valence-electron chi connectivity index (χ3n) is 2.73. The van der Waals surface area contributed by atoms with Crippen LogP contribution in [0.2, 0.25) is 0 Å². The molecule has 2 aromatic rings. The summed E-state index contributed by atoms with van der Waals surface area (Å²) in [7, 11) is 0. The van der Waals surface area contributed by atoms with Crippen LogP contribution in [0.1, 0.15) is 28.9 Å². The number of carbonyl (C=O) groups excluding carboxylic acids is 1. The average molecular weight is 240 g/mol. The second kappa shape index (κ2) is 5.47. The van der Waals surface area contributed by atoms with Crippen LogP contribution in [0.5, 0.6) is 0 Å². The molecule has 0 radical (unpaired) electrons. The number of nitrogens with one attached hydrogen (secondary N) is 1. The smallest absolute Gasteiger partial charge is 0.255 e. The first-order chi connectivity index (χ1) is 8.66. The minimum Gasteiger partial charge on any atom is -0.324 e. The first kappa shape index (κ1) is 12.3. The molecule has 0 saturated heterocycles. The maximum Gasteiger partial charge on any atom is 0.255 e. The SMILES string of the molecule is CC(N)c1ccc(NC(=O)c2ccccc2)cc1. The van der Waals surface area contributed by atoms with Crippen LogP contribution in [0.25, 0.3) is 0 Å². The molecule has 3 nitrogen and oxygen atoms in total. The van der Waals surface area contributed by atoms with Crippen LogP contribution in [0, 0.1) is 0 Å². The quantitative estimate of drug-likeness (QED) is 0.866. The molecular formula is C15H16N2O. The Morgan fingerprint density at radius 2 is 1.67 bits per heavy atom. The average Bonchev–Trinajstić information content (AvgIpc) is 2.40. The fraction of sp³-hybridized carbons (Fsp3) is 0.133. The number of rotatable bonds is 3. The number of amides is 1. The maximum absolute atomic E-state index is 11.9. The Balaban J connectivity index is 2.08. The summed E-state index contributed by atoms with van der Waals surface area (Å²) in [4.78, 5) is 11.9. The van der Waals surface area contributed by atoms with E-state index in [2.05, 4.69) is 5.32 Å². The molecule has 1 unspecified atom stereocenters. The number of nitrogens with two attached hydrogens (primary N) is 1. The molecule has 0 bridgehead atoms. The number of anilines is 1. The summed E-state index contributed by atoms with van der Waals surface area (Å²) in [6.07, 6.45) is 0. The van der Waals surface area contributed by atoms with Crippen molar-refractivity contribution in [2.45, 2.75) is 13.0 Å². The highest BCUT2D eigenvalue weighted by atomic mass is 16.1. The van der Waals surface area contributed by atoms with Gasteiger partial charge in [-0.25, -0.2) is 0 Å². The monoisotopic (exact) mass is 240 g/mol. The van der Waals surface area contributed by atoms with E-state index in [9.17, 15) is 4.79 Å². The van der Waals surface area contributed by atoms with Gasteiger partial charge in [0.1, 0.15) is 0 Å². The highest BCUT2D eigenvalue weighted by Gasteiger charge is 2.05. The highest BCUT2D eigenvalue weighted by Crippen LogP contribution is 2.15. The molecule has 0 aliphatic rings. The second-order valence-corrected chi connectivity index (χ2v) is 4.23. The Hall–Kier alpha value is -2.13. The zero-order chi connectivity index (χ0) is 13.0. The third kappa shape index (κ3) is 2.96. The predicted octanol–water partition coefficient (Wildman–Crippen LogP) is 2.96. The van der Waals surface area contributed by atoms with Crippen molar-refractivity contribution in [2.75, 3.05) is 5.32 Å². The molecule has 2 aromatic carbocycles. The van der Waals surface area contributed by atoms with E-state index < -0.39 is 0 Å². The van der Waals surface area contributed by atoms with E-state index in [-0.39, 0.29) is 11.9 Å². The molecule has 0 aliphatic carbocycles. The van der Waals surface area contributed by atoms with Crippen molar-refractivity contribution >= 4 is 11.6 Å². The molecular weight excluding hydrogens is 224 g/mol. The van der Waals surface area contributed by atoms with E-state index >= 15 is 0 Å². The van der Waals surface area contributed by atoms with E-state index in [0.717, 1.165) is 11.3 Å². The number of hydrogen-bond donors (Lipinski definition) is 2. The summed E-state index contributed by atoms with van der Waals surface area (Å²) in [5, 5.41) is 2.84. The van der Waals surface area contributed by atoms with Crippen LogP contribution in [0.4, 0.5) is 5.69 Å². The first-order valence-corrected chi connectivity index (χ1v) is 5.89. The fourth-order valence-electron chi connectivity index (χ4n) is 1.66. The van der Waals surface area contributed by atoms with Crippen molar-refractivity contribution < 1.29 is 4.79 Å². The van der Waals surface area contributed by atoms with Crippen molar-refractivity contribution in [3.63, 3.8) is 0 Å². The van der Waals surface area contributed by atoms with Crippen LogP contribution >= 0.6 is 0 Å². The van der Waals surface area contributed by atoms with Crippen molar-refractivity contribution in [3.05, 3.63) is 65.7 Å². The summed E-state index contributed by atoms with van der Waals surface area (Å²) in [5.74, 6) is -0.107. The highest BCUT2D eigenvalue weighted by molar-refractivity contribution is 6.04. The van der Waals surface area contributed by atoms with Gasteiger partial charge in [-0.1, -0.05) is 30.3 Å². The molecule has 0 heterocycles. The zero-order valence-electron chi connectivity index (χ0n) is 10.3. The molecule has 0 aliphatic heterocycles. The van der Waals surface area contributed by atoms with E-state index in [1.54, 1.807) is 12.1 Å². The van der Waals surface area contributed by atoms with E-state index in [4.69, 9.17) is 5.73 Å². The molecule has 3 N–H and O–H groups in total. The Bertz CT molecular complexity index is 518. The molecule has 0 aromatic heterocycles. The molecule has 2 rings (SSSR count). The Morgan fingerprint density at radius 1 is 1.06 bits per heavy atom. The number of hydrogen-bond acceptors (Lipinski definition) is 2. The van der Waals surface area contributed by atoms with E-state index in [0.29, 0.717) is 5.56 Å². The zero-order valence-corrected chi connectivity index (χ0v) is 10.3. The summed E-state index contributed by atoms with van der Waals surface area (Å²) in [5.41, 5.74) is 8.24. The lowest BCUT2D eigenvalue weighted by Crippen LogP contribution is -2.12. The topological polar surface area (TPSA) is 55.1 Å². The van der Waals surface area contributed by atoms with Crippen LogP contribution in [0.3, 0.4) is 0 Å². The van der Waals surface area contributed by atoms with Gasteiger partial charge in [0.15, 0.2) is 0 Å². The van der Waals surface area contributed by atoms with Gasteiger partial charge in [-0.2, -0.15) is 0 Å². The minimum atomic E-state index is -0.107. The lowest BCUT2D eigenvalue weighted by molar-refractivity contribution is 0.102. The maximum atomic E-state index is 11.9. The Morgan fingerprint density at radius 3 is 2.22 bits per heavy atom. The van der Waals surface area contributed by atoms with Gasteiger partial charge in [0, 0.05) is 17.3 Å². The molecule has 0 fully saturated rings. The van der Waals surface area contributed by atoms with Gasteiger partial charge in [-0.15, -0.1) is 0 Å². The first-order valence-electron chi connectivity index (χ1n) is 5.89. The second-order valence-electron chi connectivity index (χ2n) is 4.23. The van der Waals surface area contributed by atoms with Gasteiger partial charge in [-0.05, 0) is 36.8 Å². The number of carbonyl (C=O) groups is 1. The van der Waals surface area contributed by atoms with Gasteiger partial charge >= 0.3 is 0 Å². The minimum absolute atomic E-state index is 0.00359. The lowest BCUT2D eigenvalue weighted by atomic mass is 10.1. The molecule has 3 heteroatoms. The van der Waals surface area contributed by atoms with Crippen molar-refractivity contribution in [1.29, 1.82) is 0 Å². The Kier molecular flexibility index (Phi) is 3.75. The molecule has 18 heavy (non-hydrogen) atoms. The summed E-state index contributed by atoms with van der Waals surface area (Å²) in [6.45, 7) is 1.93. The standard InChI is InChI=1S/C15H16N2O/c1-11(16)12-7-9-14(10-8-12)17-15(18)13-5-3-2-4-6-13/h2-11H,16H2,1H3,(H,17,18).